The van der Waals surface area contributed by atoms with E-state index in [1.54, 1.807) is 25.7 Å². The van der Waals surface area contributed by atoms with Gasteiger partial charge in [-0.15, -0.1) is 0 Å². The molecule has 8 heteroatoms. The van der Waals surface area contributed by atoms with E-state index in [1.807, 2.05) is 54.2 Å². The van der Waals surface area contributed by atoms with Crippen LogP contribution in [0.4, 0.5) is 5.82 Å². The Morgan fingerprint density at radius 1 is 1.19 bits per heavy atom. The molecule has 8 nitrogen and oxygen atoms in total. The van der Waals surface area contributed by atoms with Crippen LogP contribution in [0.2, 0.25) is 0 Å². The molecule has 1 saturated heterocycles. The van der Waals surface area contributed by atoms with Crippen LogP contribution in [0.25, 0.3) is 11.5 Å². The minimum Gasteiger partial charge on any atom is -0.496 e. The van der Waals surface area contributed by atoms with Crippen molar-refractivity contribution >= 4 is 11.7 Å². The van der Waals surface area contributed by atoms with E-state index in [0.717, 1.165) is 30.9 Å². The van der Waals surface area contributed by atoms with Gasteiger partial charge in [0.15, 0.2) is 5.82 Å². The number of benzene rings is 1. The van der Waals surface area contributed by atoms with E-state index in [4.69, 9.17) is 9.72 Å². The predicted molar refractivity (Wildman–Crippen MR) is 118 cm³/mol. The average Bonchev–Trinajstić information content (AvgIpc) is 2.83. The third-order valence-electron chi connectivity index (χ3n) is 5.45. The summed E-state index contributed by atoms with van der Waals surface area (Å²) in [6, 6.07) is 9.35. The minimum atomic E-state index is -0.0156. The second kappa shape index (κ2) is 9.07. The first kappa shape index (κ1) is 20.7. The average molecular weight is 419 g/mol. The van der Waals surface area contributed by atoms with E-state index >= 15 is 0 Å². The van der Waals surface area contributed by atoms with Gasteiger partial charge in [-0.2, -0.15) is 0 Å². The molecule has 0 N–H and O–H groups in total. The highest BCUT2D eigenvalue weighted by Gasteiger charge is 2.28. The van der Waals surface area contributed by atoms with Crippen molar-refractivity contribution in [1.82, 2.24) is 24.8 Å². The van der Waals surface area contributed by atoms with E-state index in [9.17, 15) is 4.79 Å². The Labute approximate surface area is 181 Å². The number of anilines is 1. The van der Waals surface area contributed by atoms with Gasteiger partial charge in [-0.3, -0.25) is 9.78 Å². The van der Waals surface area contributed by atoms with Gasteiger partial charge in [0.05, 0.1) is 24.6 Å². The molecule has 1 aliphatic rings. The monoisotopic (exact) mass is 418 g/mol. The number of piperidine rings is 1. The molecule has 31 heavy (non-hydrogen) atoms. The van der Waals surface area contributed by atoms with Crippen LogP contribution in [0, 0.1) is 0 Å². The van der Waals surface area contributed by atoms with Crippen LogP contribution in [0.5, 0.6) is 5.75 Å². The van der Waals surface area contributed by atoms with Crippen molar-refractivity contribution in [1.29, 1.82) is 0 Å². The standard InChI is InChI=1S/C23H26N6O2/c1-28(2)21-13-18(26-22(27-21)19-14-24-10-11-25-19)16-7-6-12-29(15-16)23(30)17-8-4-5-9-20(17)31-3/h4-5,8-11,13-14,16H,6-7,12,15H2,1-3H3/t16-/m1/s1. The fourth-order valence-corrected chi connectivity index (χ4v) is 3.81. The zero-order chi connectivity index (χ0) is 21.8. The molecule has 0 saturated carbocycles. The number of aromatic nitrogens is 4. The number of nitrogens with zero attached hydrogens (tertiary/aromatic N) is 6. The Kier molecular flexibility index (Phi) is 6.06. The fourth-order valence-electron chi connectivity index (χ4n) is 3.81. The lowest BCUT2D eigenvalue weighted by molar-refractivity contribution is 0.0702. The zero-order valence-electron chi connectivity index (χ0n) is 18.0. The molecule has 4 rings (SSSR count). The number of methoxy groups -OCH3 is 1. The molecule has 2 aromatic heterocycles. The zero-order valence-corrected chi connectivity index (χ0v) is 18.0. The number of likely N-dealkylation sites (tertiary alicyclic amines) is 1. The molecule has 160 valence electrons. The normalized spacial score (nSPS) is 16.1. The van der Waals surface area contributed by atoms with Gasteiger partial charge in [0.25, 0.3) is 5.91 Å². The Bertz CT molecular complexity index is 1060. The molecule has 1 aromatic carbocycles. The first-order valence-corrected chi connectivity index (χ1v) is 10.3. The van der Waals surface area contributed by atoms with Crippen LogP contribution in [-0.2, 0) is 0 Å². The first-order chi connectivity index (χ1) is 15.1. The lowest BCUT2D eigenvalue weighted by Crippen LogP contribution is -2.39. The maximum Gasteiger partial charge on any atom is 0.257 e. The molecule has 0 aliphatic carbocycles. The minimum absolute atomic E-state index is 0.0156. The van der Waals surface area contributed by atoms with Crippen molar-refractivity contribution in [3.63, 3.8) is 0 Å². The maximum atomic E-state index is 13.2. The SMILES string of the molecule is COc1ccccc1C(=O)N1CCC[C@@H](c2cc(N(C)C)nc(-c3cnccn3)n2)C1. The molecule has 0 unspecified atom stereocenters. The summed E-state index contributed by atoms with van der Waals surface area (Å²) in [6.07, 6.45) is 6.79. The summed E-state index contributed by atoms with van der Waals surface area (Å²) in [5.41, 5.74) is 2.13. The summed E-state index contributed by atoms with van der Waals surface area (Å²) in [6.45, 7) is 1.32. The molecule has 3 heterocycles. The molecule has 0 radical (unpaired) electrons. The molecule has 1 amide bonds. The Hall–Kier alpha value is -3.55. The number of ether oxygens (including phenoxy) is 1. The number of para-hydroxylation sites is 1. The Morgan fingerprint density at radius 3 is 2.77 bits per heavy atom. The summed E-state index contributed by atoms with van der Waals surface area (Å²) in [5.74, 6) is 2.04. The lowest BCUT2D eigenvalue weighted by atomic mass is 9.93. The highest BCUT2D eigenvalue weighted by atomic mass is 16.5. The van der Waals surface area contributed by atoms with Crippen molar-refractivity contribution in [2.45, 2.75) is 18.8 Å². The van der Waals surface area contributed by atoms with Crippen molar-refractivity contribution in [2.75, 3.05) is 39.2 Å². The van der Waals surface area contributed by atoms with Gasteiger partial charge in [-0.05, 0) is 25.0 Å². The largest absolute Gasteiger partial charge is 0.496 e. The summed E-state index contributed by atoms with van der Waals surface area (Å²) >= 11 is 0. The number of amides is 1. The van der Waals surface area contributed by atoms with Crippen molar-refractivity contribution in [2.24, 2.45) is 0 Å². The van der Waals surface area contributed by atoms with E-state index in [-0.39, 0.29) is 11.8 Å². The van der Waals surface area contributed by atoms with E-state index < -0.39 is 0 Å². The number of hydrogen-bond acceptors (Lipinski definition) is 7. The predicted octanol–water partition coefficient (Wildman–Crippen LogP) is 3.03. The van der Waals surface area contributed by atoms with Crippen LogP contribution < -0.4 is 9.64 Å². The van der Waals surface area contributed by atoms with Crippen molar-refractivity contribution in [3.05, 3.63) is 60.2 Å². The maximum absolute atomic E-state index is 13.2. The van der Waals surface area contributed by atoms with Crippen LogP contribution in [-0.4, -0.2) is 65.0 Å². The first-order valence-electron chi connectivity index (χ1n) is 10.3. The molecule has 3 aromatic rings. The highest BCUT2D eigenvalue weighted by Crippen LogP contribution is 2.30. The van der Waals surface area contributed by atoms with Gasteiger partial charge in [-0.25, -0.2) is 15.0 Å². The van der Waals surface area contributed by atoms with Gasteiger partial charge in [-0.1, -0.05) is 12.1 Å². The van der Waals surface area contributed by atoms with Crippen LogP contribution in [0.15, 0.2) is 48.9 Å². The van der Waals surface area contributed by atoms with Gasteiger partial charge in [0.1, 0.15) is 17.3 Å². The topological polar surface area (TPSA) is 84.3 Å². The lowest BCUT2D eigenvalue weighted by Gasteiger charge is -2.33. The summed E-state index contributed by atoms with van der Waals surface area (Å²) in [5, 5.41) is 0. The van der Waals surface area contributed by atoms with Gasteiger partial charge in [0.2, 0.25) is 0 Å². The van der Waals surface area contributed by atoms with E-state index in [1.165, 1.54) is 0 Å². The molecular formula is C23H26N6O2. The number of rotatable bonds is 5. The van der Waals surface area contributed by atoms with Crippen LogP contribution in [0.3, 0.4) is 0 Å². The molecule has 0 bridgehead atoms. The summed E-state index contributed by atoms with van der Waals surface area (Å²) in [7, 11) is 5.48. The number of carbonyl (C=O) groups is 1. The van der Waals surface area contributed by atoms with Gasteiger partial charge < -0.3 is 14.5 Å². The van der Waals surface area contributed by atoms with Crippen LogP contribution >= 0.6 is 0 Å². The Morgan fingerprint density at radius 2 is 2.03 bits per heavy atom. The molecule has 1 aliphatic heterocycles. The Balaban J connectivity index is 1.63. The highest BCUT2D eigenvalue weighted by molar-refractivity contribution is 5.97. The van der Waals surface area contributed by atoms with E-state index in [0.29, 0.717) is 29.4 Å². The van der Waals surface area contributed by atoms with Crippen LogP contribution in [0.1, 0.15) is 34.8 Å². The quantitative estimate of drug-likeness (QED) is 0.630. The van der Waals surface area contributed by atoms with Gasteiger partial charge >= 0.3 is 0 Å². The smallest absolute Gasteiger partial charge is 0.257 e. The van der Waals surface area contributed by atoms with Crippen molar-refractivity contribution in [3.8, 4) is 17.3 Å². The van der Waals surface area contributed by atoms with Crippen molar-refractivity contribution < 1.29 is 9.53 Å². The summed E-state index contributed by atoms with van der Waals surface area (Å²) in [4.78, 5) is 35.0. The molecule has 0 spiro atoms. The summed E-state index contributed by atoms with van der Waals surface area (Å²) < 4.78 is 5.39. The molecular weight excluding hydrogens is 392 g/mol. The van der Waals surface area contributed by atoms with E-state index in [2.05, 4.69) is 15.0 Å². The van der Waals surface area contributed by atoms with Gasteiger partial charge in [0, 0.05) is 51.6 Å². The number of carbonyl (C=O) groups excluding carboxylic acids is 1. The second-order valence-electron chi connectivity index (χ2n) is 7.75. The number of hydrogen-bond donors (Lipinski definition) is 0. The molecule has 1 fully saturated rings. The third-order valence-corrected chi connectivity index (χ3v) is 5.45. The molecule has 1 atom stereocenters. The second-order valence-corrected chi connectivity index (χ2v) is 7.75. The fraction of sp³-hybridized carbons (Fsp3) is 0.348. The third kappa shape index (κ3) is 4.47.